The molecule has 0 aromatic heterocycles. The van der Waals surface area contributed by atoms with Crippen molar-refractivity contribution in [2.45, 2.75) is 12.3 Å². The molecule has 4 rings (SSSR count). The molecule has 3 aromatic carbocycles. The first-order chi connectivity index (χ1) is 14.4. The van der Waals surface area contributed by atoms with Crippen LogP contribution in [0.3, 0.4) is 0 Å². The van der Waals surface area contributed by atoms with Crippen molar-refractivity contribution < 1.29 is 14.0 Å². The molecular formula is C23H18ClFN2O2S. The minimum atomic E-state index is -0.438. The van der Waals surface area contributed by atoms with Crippen molar-refractivity contribution in [3.63, 3.8) is 0 Å². The normalized spacial score (nSPS) is 16.0. The fourth-order valence-electron chi connectivity index (χ4n) is 3.34. The van der Waals surface area contributed by atoms with Crippen molar-refractivity contribution >= 4 is 46.6 Å². The number of hydrogen-bond acceptors (Lipinski definition) is 3. The van der Waals surface area contributed by atoms with Gasteiger partial charge in [-0.15, -0.1) is 11.8 Å². The maximum absolute atomic E-state index is 14.5. The van der Waals surface area contributed by atoms with Crippen LogP contribution in [0, 0.1) is 12.7 Å². The smallest absolute Gasteiger partial charge is 0.255 e. The Morgan fingerprint density at radius 1 is 1.13 bits per heavy atom. The van der Waals surface area contributed by atoms with Gasteiger partial charge in [-0.25, -0.2) is 4.39 Å². The van der Waals surface area contributed by atoms with E-state index in [0.717, 1.165) is 11.1 Å². The number of carbonyl (C=O) groups excluding carboxylic acids is 2. The molecule has 0 radical (unpaired) electrons. The van der Waals surface area contributed by atoms with Crippen LogP contribution in [0.25, 0.3) is 0 Å². The first-order valence-electron chi connectivity index (χ1n) is 9.29. The number of aryl methyl sites for hydroxylation is 1. The molecule has 1 atom stereocenters. The molecule has 0 bridgehead atoms. The number of nitrogens with zero attached hydrogens (tertiary/aromatic N) is 1. The summed E-state index contributed by atoms with van der Waals surface area (Å²) in [6, 6.07) is 18.7. The van der Waals surface area contributed by atoms with Gasteiger partial charge in [0.05, 0.1) is 11.4 Å². The van der Waals surface area contributed by atoms with Crippen LogP contribution in [0.1, 0.15) is 26.9 Å². The Labute approximate surface area is 183 Å². The Kier molecular flexibility index (Phi) is 5.79. The molecule has 2 amide bonds. The van der Waals surface area contributed by atoms with Crippen LogP contribution in [0.2, 0.25) is 5.02 Å². The van der Waals surface area contributed by atoms with Crippen molar-refractivity contribution in [2.75, 3.05) is 16.0 Å². The lowest BCUT2D eigenvalue weighted by molar-refractivity contribution is -0.115. The number of amides is 2. The zero-order valence-electron chi connectivity index (χ0n) is 16.1. The molecule has 3 aromatic rings. The maximum Gasteiger partial charge on any atom is 0.255 e. The maximum atomic E-state index is 14.5. The van der Waals surface area contributed by atoms with Gasteiger partial charge in [0, 0.05) is 16.3 Å². The summed E-state index contributed by atoms with van der Waals surface area (Å²) >= 11 is 7.39. The zero-order chi connectivity index (χ0) is 21.3. The summed E-state index contributed by atoms with van der Waals surface area (Å²) in [5, 5.41) is 2.95. The molecule has 152 valence electrons. The lowest BCUT2D eigenvalue weighted by atomic mass is 10.1. The third-order valence-electron chi connectivity index (χ3n) is 4.75. The molecule has 0 aliphatic carbocycles. The van der Waals surface area contributed by atoms with Crippen LogP contribution >= 0.6 is 23.4 Å². The van der Waals surface area contributed by atoms with Gasteiger partial charge in [0.2, 0.25) is 5.91 Å². The summed E-state index contributed by atoms with van der Waals surface area (Å²) < 4.78 is 14.5. The number of rotatable bonds is 4. The fourth-order valence-corrected chi connectivity index (χ4v) is 4.69. The first-order valence-corrected chi connectivity index (χ1v) is 10.7. The van der Waals surface area contributed by atoms with E-state index >= 15 is 0 Å². The van der Waals surface area contributed by atoms with Gasteiger partial charge in [-0.1, -0.05) is 35.9 Å². The highest BCUT2D eigenvalue weighted by Crippen LogP contribution is 2.43. The fraction of sp³-hybridized carbons (Fsp3) is 0.130. The molecule has 1 N–H and O–H groups in total. The molecule has 1 heterocycles. The summed E-state index contributed by atoms with van der Waals surface area (Å²) in [6.45, 7) is 1.86. The van der Waals surface area contributed by atoms with Gasteiger partial charge in [0.15, 0.2) is 0 Å². The second kappa shape index (κ2) is 8.50. The van der Waals surface area contributed by atoms with E-state index in [1.54, 1.807) is 54.6 Å². The minimum Gasteiger partial charge on any atom is -0.322 e. The Balaban J connectivity index is 1.62. The number of carbonyl (C=O) groups is 2. The summed E-state index contributed by atoms with van der Waals surface area (Å²) in [5.41, 5.74) is 2.97. The van der Waals surface area contributed by atoms with Crippen LogP contribution in [0.5, 0.6) is 0 Å². The van der Waals surface area contributed by atoms with Gasteiger partial charge in [0.25, 0.3) is 5.91 Å². The lowest BCUT2D eigenvalue weighted by Crippen LogP contribution is -2.28. The second-order valence-electron chi connectivity index (χ2n) is 6.97. The Morgan fingerprint density at radius 2 is 1.93 bits per heavy atom. The van der Waals surface area contributed by atoms with E-state index in [0.29, 0.717) is 16.3 Å². The van der Waals surface area contributed by atoms with E-state index < -0.39 is 5.82 Å². The Morgan fingerprint density at radius 3 is 2.73 bits per heavy atom. The van der Waals surface area contributed by atoms with E-state index in [1.807, 2.05) is 13.0 Å². The molecule has 7 heteroatoms. The SMILES string of the molecule is Cc1ccc(F)c(N2C(=O)CS[C@H]2c2cccc(NC(=O)c3cccc(Cl)c3)c2)c1. The van der Waals surface area contributed by atoms with Gasteiger partial charge in [-0.3, -0.25) is 14.5 Å². The molecule has 0 saturated carbocycles. The van der Waals surface area contributed by atoms with Crippen LogP contribution < -0.4 is 10.2 Å². The molecule has 1 saturated heterocycles. The number of nitrogens with one attached hydrogen (secondary N) is 1. The number of halogens is 2. The highest BCUT2D eigenvalue weighted by atomic mass is 35.5. The molecule has 1 aliphatic rings. The van der Waals surface area contributed by atoms with Gasteiger partial charge in [-0.05, 0) is 60.5 Å². The predicted octanol–water partition coefficient (Wildman–Crippen LogP) is 5.82. The first kappa shape index (κ1) is 20.4. The molecular weight excluding hydrogens is 423 g/mol. The highest BCUT2D eigenvalue weighted by Gasteiger charge is 2.35. The van der Waals surface area contributed by atoms with Gasteiger partial charge in [-0.2, -0.15) is 0 Å². The van der Waals surface area contributed by atoms with Gasteiger partial charge in [0.1, 0.15) is 11.2 Å². The van der Waals surface area contributed by atoms with Crippen molar-refractivity contribution in [1.29, 1.82) is 0 Å². The van der Waals surface area contributed by atoms with E-state index in [4.69, 9.17) is 11.6 Å². The number of hydrogen-bond donors (Lipinski definition) is 1. The Hall–Kier alpha value is -2.83. The van der Waals surface area contributed by atoms with Crippen LogP contribution in [0.4, 0.5) is 15.8 Å². The monoisotopic (exact) mass is 440 g/mol. The highest BCUT2D eigenvalue weighted by molar-refractivity contribution is 8.00. The molecule has 0 spiro atoms. The summed E-state index contributed by atoms with van der Waals surface area (Å²) in [4.78, 5) is 26.6. The quantitative estimate of drug-likeness (QED) is 0.556. The largest absolute Gasteiger partial charge is 0.322 e. The van der Waals surface area contributed by atoms with Gasteiger partial charge >= 0.3 is 0 Å². The van der Waals surface area contributed by atoms with E-state index in [9.17, 15) is 14.0 Å². The Bertz CT molecular complexity index is 1140. The molecule has 4 nitrogen and oxygen atoms in total. The number of anilines is 2. The van der Waals surface area contributed by atoms with Crippen molar-refractivity contribution in [3.8, 4) is 0 Å². The van der Waals surface area contributed by atoms with Crippen LogP contribution in [-0.4, -0.2) is 17.6 Å². The van der Waals surface area contributed by atoms with E-state index in [1.165, 1.54) is 22.7 Å². The second-order valence-corrected chi connectivity index (χ2v) is 8.48. The zero-order valence-corrected chi connectivity index (χ0v) is 17.6. The molecule has 0 unspecified atom stereocenters. The summed E-state index contributed by atoms with van der Waals surface area (Å²) in [6.07, 6.45) is 0. The summed E-state index contributed by atoms with van der Waals surface area (Å²) in [5.74, 6) is -0.613. The average Bonchev–Trinajstić information content (AvgIpc) is 3.11. The topological polar surface area (TPSA) is 49.4 Å². The van der Waals surface area contributed by atoms with Crippen molar-refractivity contribution in [1.82, 2.24) is 0 Å². The van der Waals surface area contributed by atoms with Crippen molar-refractivity contribution in [2.24, 2.45) is 0 Å². The lowest BCUT2D eigenvalue weighted by Gasteiger charge is -2.25. The van der Waals surface area contributed by atoms with E-state index in [2.05, 4.69) is 5.32 Å². The third kappa shape index (κ3) is 4.20. The van der Waals surface area contributed by atoms with Crippen LogP contribution in [0.15, 0.2) is 66.7 Å². The minimum absolute atomic E-state index is 0.150. The van der Waals surface area contributed by atoms with E-state index in [-0.39, 0.29) is 28.6 Å². The molecule has 30 heavy (non-hydrogen) atoms. The third-order valence-corrected chi connectivity index (χ3v) is 6.19. The average molecular weight is 441 g/mol. The summed E-state index contributed by atoms with van der Waals surface area (Å²) in [7, 11) is 0. The molecule has 1 fully saturated rings. The van der Waals surface area contributed by atoms with Gasteiger partial charge < -0.3 is 5.32 Å². The predicted molar refractivity (Wildman–Crippen MR) is 120 cm³/mol. The van der Waals surface area contributed by atoms with Crippen molar-refractivity contribution in [3.05, 3.63) is 94.3 Å². The number of thioether (sulfide) groups is 1. The van der Waals surface area contributed by atoms with Crippen LogP contribution in [-0.2, 0) is 4.79 Å². The standard InChI is InChI=1S/C23H18ClFN2O2S/c1-14-8-9-19(25)20(10-14)27-21(28)13-30-23(27)16-5-3-7-18(12-16)26-22(29)15-4-2-6-17(24)11-15/h2-12,23H,13H2,1H3,(H,26,29)/t23-/m0/s1. The molecule has 1 aliphatic heterocycles. The number of benzene rings is 3.